The standard InChI is InChI=1S/C15H22O2/c1-3-8-14(4-2)15(16)17-12-11-13-9-6-5-7-10-13/h5-7,9-10,14H,3-4,8,11-12H2,1-2H3. The lowest BCUT2D eigenvalue weighted by molar-refractivity contribution is -0.148. The van der Waals surface area contributed by atoms with Gasteiger partial charge in [0.1, 0.15) is 0 Å². The van der Waals surface area contributed by atoms with E-state index in [1.165, 1.54) is 5.56 Å². The second-order valence-electron chi connectivity index (χ2n) is 4.30. The molecule has 0 aliphatic rings. The Morgan fingerprint density at radius 2 is 1.94 bits per heavy atom. The molecule has 0 fully saturated rings. The third-order valence-electron chi connectivity index (χ3n) is 2.94. The second kappa shape index (κ2) is 7.88. The summed E-state index contributed by atoms with van der Waals surface area (Å²) in [6.45, 7) is 4.63. The summed E-state index contributed by atoms with van der Waals surface area (Å²) in [6, 6.07) is 10.1. The first-order valence-electron chi connectivity index (χ1n) is 6.48. The van der Waals surface area contributed by atoms with Crippen LogP contribution in [-0.4, -0.2) is 12.6 Å². The van der Waals surface area contributed by atoms with Crippen molar-refractivity contribution in [3.8, 4) is 0 Å². The number of hydrogen-bond donors (Lipinski definition) is 0. The first-order chi connectivity index (χ1) is 8.27. The zero-order valence-electron chi connectivity index (χ0n) is 10.8. The maximum atomic E-state index is 11.7. The van der Waals surface area contributed by atoms with Gasteiger partial charge in [-0.15, -0.1) is 0 Å². The molecule has 1 unspecified atom stereocenters. The van der Waals surface area contributed by atoms with Crippen molar-refractivity contribution in [3.63, 3.8) is 0 Å². The third-order valence-corrected chi connectivity index (χ3v) is 2.94. The van der Waals surface area contributed by atoms with Crippen LogP contribution in [0, 0.1) is 5.92 Å². The first kappa shape index (κ1) is 13.8. The summed E-state index contributed by atoms with van der Waals surface area (Å²) in [5, 5.41) is 0. The zero-order chi connectivity index (χ0) is 12.5. The fraction of sp³-hybridized carbons (Fsp3) is 0.533. The van der Waals surface area contributed by atoms with Crippen molar-refractivity contribution in [2.24, 2.45) is 5.92 Å². The molecule has 1 rings (SSSR count). The summed E-state index contributed by atoms with van der Waals surface area (Å²) in [7, 11) is 0. The van der Waals surface area contributed by atoms with E-state index in [-0.39, 0.29) is 11.9 Å². The highest BCUT2D eigenvalue weighted by Gasteiger charge is 2.16. The van der Waals surface area contributed by atoms with Crippen molar-refractivity contribution < 1.29 is 9.53 Å². The molecule has 0 radical (unpaired) electrons. The van der Waals surface area contributed by atoms with Gasteiger partial charge in [-0.2, -0.15) is 0 Å². The normalized spacial score (nSPS) is 12.1. The molecule has 0 aliphatic heterocycles. The van der Waals surface area contributed by atoms with Crippen molar-refractivity contribution >= 4 is 5.97 Å². The molecule has 1 aromatic rings. The number of carbonyl (C=O) groups excluding carboxylic acids is 1. The fourth-order valence-electron chi connectivity index (χ4n) is 1.87. The molecule has 0 saturated carbocycles. The van der Waals surface area contributed by atoms with Crippen LogP contribution < -0.4 is 0 Å². The molecule has 0 spiro atoms. The Labute approximate surface area is 104 Å². The fourth-order valence-corrected chi connectivity index (χ4v) is 1.87. The van der Waals surface area contributed by atoms with E-state index in [9.17, 15) is 4.79 Å². The molecule has 0 amide bonds. The third kappa shape index (κ3) is 5.03. The van der Waals surface area contributed by atoms with Gasteiger partial charge < -0.3 is 4.74 Å². The monoisotopic (exact) mass is 234 g/mol. The zero-order valence-corrected chi connectivity index (χ0v) is 10.8. The number of carbonyl (C=O) groups is 1. The number of benzene rings is 1. The highest BCUT2D eigenvalue weighted by molar-refractivity contribution is 5.72. The van der Waals surface area contributed by atoms with Crippen LogP contribution in [0.2, 0.25) is 0 Å². The molecule has 0 N–H and O–H groups in total. The number of esters is 1. The molecule has 0 saturated heterocycles. The van der Waals surface area contributed by atoms with Crippen molar-refractivity contribution in [1.82, 2.24) is 0 Å². The van der Waals surface area contributed by atoms with Crippen LogP contribution in [0.4, 0.5) is 0 Å². The van der Waals surface area contributed by atoms with E-state index in [1.807, 2.05) is 25.1 Å². The average Bonchev–Trinajstić information content (AvgIpc) is 2.37. The highest BCUT2D eigenvalue weighted by atomic mass is 16.5. The Morgan fingerprint density at radius 3 is 2.53 bits per heavy atom. The first-order valence-corrected chi connectivity index (χ1v) is 6.48. The molecule has 0 bridgehead atoms. The van der Waals surface area contributed by atoms with E-state index in [2.05, 4.69) is 19.1 Å². The summed E-state index contributed by atoms with van der Waals surface area (Å²) >= 11 is 0. The van der Waals surface area contributed by atoms with E-state index in [0.29, 0.717) is 6.61 Å². The van der Waals surface area contributed by atoms with Crippen LogP contribution in [0.1, 0.15) is 38.7 Å². The Balaban J connectivity index is 2.28. The molecule has 17 heavy (non-hydrogen) atoms. The smallest absolute Gasteiger partial charge is 0.308 e. The summed E-state index contributed by atoms with van der Waals surface area (Å²) in [4.78, 5) is 11.7. The summed E-state index contributed by atoms with van der Waals surface area (Å²) in [5.74, 6) is 0.0426. The van der Waals surface area contributed by atoms with E-state index in [4.69, 9.17) is 4.74 Å². The van der Waals surface area contributed by atoms with E-state index >= 15 is 0 Å². The van der Waals surface area contributed by atoms with Gasteiger partial charge in [-0.1, -0.05) is 50.6 Å². The van der Waals surface area contributed by atoms with E-state index in [1.54, 1.807) is 0 Å². The van der Waals surface area contributed by atoms with Crippen LogP contribution >= 0.6 is 0 Å². The Hall–Kier alpha value is -1.31. The summed E-state index contributed by atoms with van der Waals surface area (Å²) in [6.07, 6.45) is 3.64. The van der Waals surface area contributed by atoms with Gasteiger partial charge in [-0.05, 0) is 18.4 Å². The van der Waals surface area contributed by atoms with Gasteiger partial charge in [0.15, 0.2) is 0 Å². The molecule has 0 heterocycles. The van der Waals surface area contributed by atoms with Crippen LogP contribution in [0.15, 0.2) is 30.3 Å². The van der Waals surface area contributed by atoms with Crippen LogP contribution in [-0.2, 0) is 16.0 Å². The molecule has 0 aliphatic carbocycles. The van der Waals surface area contributed by atoms with E-state index < -0.39 is 0 Å². The summed E-state index contributed by atoms with van der Waals surface area (Å²) < 4.78 is 5.31. The number of rotatable bonds is 7. The van der Waals surface area contributed by atoms with Crippen molar-refractivity contribution in [1.29, 1.82) is 0 Å². The SMILES string of the molecule is CCCC(CC)C(=O)OCCc1ccccc1. The topological polar surface area (TPSA) is 26.3 Å². The van der Waals surface area contributed by atoms with Crippen molar-refractivity contribution in [3.05, 3.63) is 35.9 Å². The molecule has 1 aromatic carbocycles. The van der Waals surface area contributed by atoms with Gasteiger partial charge in [0.25, 0.3) is 0 Å². The Kier molecular flexibility index (Phi) is 6.38. The molecule has 2 nitrogen and oxygen atoms in total. The van der Waals surface area contributed by atoms with Gasteiger partial charge >= 0.3 is 5.97 Å². The van der Waals surface area contributed by atoms with Gasteiger partial charge in [0, 0.05) is 6.42 Å². The highest BCUT2D eigenvalue weighted by Crippen LogP contribution is 2.12. The predicted octanol–water partition coefficient (Wildman–Crippen LogP) is 3.60. The van der Waals surface area contributed by atoms with Gasteiger partial charge in [0.2, 0.25) is 0 Å². The number of ether oxygens (including phenoxy) is 1. The van der Waals surface area contributed by atoms with Crippen molar-refractivity contribution in [2.45, 2.75) is 39.5 Å². The minimum atomic E-state index is -0.0368. The van der Waals surface area contributed by atoms with Gasteiger partial charge in [-0.3, -0.25) is 4.79 Å². The Bertz CT molecular complexity index is 319. The maximum Gasteiger partial charge on any atom is 0.308 e. The quantitative estimate of drug-likeness (QED) is 0.674. The van der Waals surface area contributed by atoms with Crippen LogP contribution in [0.3, 0.4) is 0 Å². The van der Waals surface area contributed by atoms with Crippen molar-refractivity contribution in [2.75, 3.05) is 6.61 Å². The number of hydrogen-bond acceptors (Lipinski definition) is 2. The molecule has 1 atom stereocenters. The van der Waals surface area contributed by atoms with Crippen LogP contribution in [0.5, 0.6) is 0 Å². The molecular formula is C15H22O2. The Morgan fingerprint density at radius 1 is 1.24 bits per heavy atom. The lowest BCUT2D eigenvalue weighted by Gasteiger charge is -2.13. The maximum absolute atomic E-state index is 11.7. The van der Waals surface area contributed by atoms with Crippen LogP contribution in [0.25, 0.3) is 0 Å². The second-order valence-corrected chi connectivity index (χ2v) is 4.30. The predicted molar refractivity (Wildman–Crippen MR) is 69.8 cm³/mol. The largest absolute Gasteiger partial charge is 0.465 e. The van der Waals surface area contributed by atoms with Gasteiger partial charge in [-0.25, -0.2) is 0 Å². The minimum absolute atomic E-state index is 0.0368. The summed E-state index contributed by atoms with van der Waals surface area (Å²) in [5.41, 5.74) is 1.21. The average molecular weight is 234 g/mol. The van der Waals surface area contributed by atoms with E-state index in [0.717, 1.165) is 25.7 Å². The minimum Gasteiger partial charge on any atom is -0.465 e. The molecule has 94 valence electrons. The molecule has 0 aromatic heterocycles. The van der Waals surface area contributed by atoms with Gasteiger partial charge in [0.05, 0.1) is 12.5 Å². The lowest BCUT2D eigenvalue weighted by atomic mass is 10.0. The lowest BCUT2D eigenvalue weighted by Crippen LogP contribution is -2.18. The molecule has 2 heteroatoms. The molecular weight excluding hydrogens is 212 g/mol.